The van der Waals surface area contributed by atoms with Crippen molar-refractivity contribution in [2.75, 3.05) is 37.2 Å². The summed E-state index contributed by atoms with van der Waals surface area (Å²) in [5.74, 6) is -0.638. The van der Waals surface area contributed by atoms with Crippen molar-refractivity contribution in [3.8, 4) is 10.4 Å². The normalized spacial score (nSPS) is 14.8. The highest BCUT2D eigenvalue weighted by molar-refractivity contribution is 7.13. The number of benzene rings is 2. The van der Waals surface area contributed by atoms with Crippen LogP contribution in [-0.2, 0) is 4.79 Å². The van der Waals surface area contributed by atoms with E-state index < -0.39 is 6.10 Å². The van der Waals surface area contributed by atoms with Crippen molar-refractivity contribution in [3.63, 3.8) is 0 Å². The van der Waals surface area contributed by atoms with E-state index in [-0.39, 0.29) is 11.8 Å². The van der Waals surface area contributed by atoms with Crippen LogP contribution in [0.5, 0.6) is 0 Å². The fourth-order valence-electron chi connectivity index (χ4n) is 3.47. The third kappa shape index (κ3) is 4.77. The number of nitrogens with two attached hydrogens (primary N) is 1. The van der Waals surface area contributed by atoms with Gasteiger partial charge in [0.2, 0.25) is 0 Å². The molecular weight excluding hydrogens is 412 g/mol. The zero-order valence-corrected chi connectivity index (χ0v) is 17.7. The smallest absolute Gasteiger partial charge is 0.256 e. The third-order valence-electron chi connectivity index (χ3n) is 5.26. The Bertz CT molecular complexity index is 1060. The highest BCUT2D eigenvalue weighted by Gasteiger charge is 2.25. The van der Waals surface area contributed by atoms with Crippen molar-refractivity contribution in [1.29, 1.82) is 0 Å². The summed E-state index contributed by atoms with van der Waals surface area (Å²) in [7, 11) is 0. The Morgan fingerprint density at radius 1 is 1.10 bits per heavy atom. The molecule has 2 heterocycles. The number of anilines is 2. The maximum Gasteiger partial charge on any atom is 0.256 e. The van der Waals surface area contributed by atoms with Crippen LogP contribution in [-0.4, -0.2) is 48.0 Å². The van der Waals surface area contributed by atoms with Gasteiger partial charge < -0.3 is 26.4 Å². The number of aliphatic hydroxyl groups excluding tert-OH is 1. The Labute approximate surface area is 184 Å². The molecule has 31 heavy (non-hydrogen) atoms. The maximum atomic E-state index is 12.7. The van der Waals surface area contributed by atoms with Crippen LogP contribution >= 0.6 is 11.3 Å². The number of aliphatic hydroxyl groups is 1. The topological polar surface area (TPSA) is 108 Å². The van der Waals surface area contributed by atoms with Crippen LogP contribution in [0.3, 0.4) is 0 Å². The van der Waals surface area contributed by atoms with Gasteiger partial charge in [-0.1, -0.05) is 24.3 Å². The van der Waals surface area contributed by atoms with Gasteiger partial charge in [0.15, 0.2) is 6.10 Å². The largest absolute Gasteiger partial charge is 0.397 e. The first-order valence-electron chi connectivity index (χ1n) is 10.1. The minimum atomic E-state index is -1.24. The minimum Gasteiger partial charge on any atom is -0.397 e. The second-order valence-electron chi connectivity index (χ2n) is 7.33. The van der Waals surface area contributed by atoms with Crippen LogP contribution in [0.4, 0.5) is 11.4 Å². The summed E-state index contributed by atoms with van der Waals surface area (Å²) < 4.78 is 0. The monoisotopic (exact) mass is 436 g/mol. The summed E-state index contributed by atoms with van der Waals surface area (Å²) in [4.78, 5) is 27.9. The molecule has 0 bridgehead atoms. The van der Waals surface area contributed by atoms with Crippen molar-refractivity contribution in [2.45, 2.75) is 6.10 Å². The number of amides is 2. The van der Waals surface area contributed by atoms with Gasteiger partial charge in [-0.3, -0.25) is 9.59 Å². The van der Waals surface area contributed by atoms with Crippen LogP contribution in [0.1, 0.15) is 22.0 Å². The van der Waals surface area contributed by atoms with Crippen LogP contribution in [0.15, 0.2) is 60.0 Å². The van der Waals surface area contributed by atoms with Crippen molar-refractivity contribution in [3.05, 3.63) is 71.1 Å². The number of hydrogen-bond donors (Lipinski definition) is 4. The van der Waals surface area contributed by atoms with Gasteiger partial charge in [0.25, 0.3) is 11.8 Å². The Balaban J connectivity index is 1.45. The van der Waals surface area contributed by atoms with Gasteiger partial charge in [-0.25, -0.2) is 0 Å². The molecule has 3 aromatic rings. The first kappa shape index (κ1) is 21.0. The van der Waals surface area contributed by atoms with Gasteiger partial charge >= 0.3 is 0 Å². The molecular formula is C23H24N4O3S. The molecule has 2 amide bonds. The van der Waals surface area contributed by atoms with E-state index in [0.29, 0.717) is 48.7 Å². The molecule has 0 aliphatic carbocycles. The summed E-state index contributed by atoms with van der Waals surface area (Å²) in [6.07, 6.45) is -1.24. The number of nitrogens with zero attached hydrogens (tertiary/aromatic N) is 1. The summed E-state index contributed by atoms with van der Waals surface area (Å²) in [6.45, 7) is 2.58. The molecule has 1 fully saturated rings. The lowest BCUT2D eigenvalue weighted by molar-refractivity contribution is -0.141. The minimum absolute atomic E-state index is 0.315. The molecule has 1 saturated heterocycles. The fraction of sp³-hybridized carbons (Fsp3) is 0.217. The number of rotatable bonds is 5. The second-order valence-corrected chi connectivity index (χ2v) is 8.28. The molecule has 1 aromatic heterocycles. The maximum absolute atomic E-state index is 12.7. The Morgan fingerprint density at radius 2 is 1.84 bits per heavy atom. The van der Waals surface area contributed by atoms with Gasteiger partial charge in [-0.05, 0) is 46.8 Å². The van der Waals surface area contributed by atoms with Gasteiger partial charge in [0.1, 0.15) is 0 Å². The number of piperazine rings is 1. The van der Waals surface area contributed by atoms with Gasteiger partial charge in [0.05, 0.1) is 11.4 Å². The standard InChI is InChI=1S/C23H24N4O3S/c24-18-8-7-17(20-2-1-13-31-20)14-19(18)26-22(29)16-5-3-15(4-6-16)21(28)23(30)27-11-9-25-10-12-27/h1-8,13-14,21,25,28H,9-12,24H2,(H,26,29). The van der Waals surface area contributed by atoms with Crippen molar-refractivity contribution >= 4 is 34.5 Å². The molecule has 7 nitrogen and oxygen atoms in total. The molecule has 8 heteroatoms. The predicted molar refractivity (Wildman–Crippen MR) is 123 cm³/mol. The van der Waals surface area contributed by atoms with Crippen molar-refractivity contribution < 1.29 is 14.7 Å². The first-order valence-corrected chi connectivity index (χ1v) is 10.9. The summed E-state index contributed by atoms with van der Waals surface area (Å²) in [5.41, 5.74) is 8.90. The van der Waals surface area contributed by atoms with Crippen molar-refractivity contribution in [2.24, 2.45) is 0 Å². The highest BCUT2D eigenvalue weighted by atomic mass is 32.1. The molecule has 160 valence electrons. The number of thiophene rings is 1. The Hall–Kier alpha value is -3.20. The van der Waals surface area contributed by atoms with E-state index in [9.17, 15) is 14.7 Å². The lowest BCUT2D eigenvalue weighted by Gasteiger charge is -2.29. The predicted octanol–water partition coefficient (Wildman–Crippen LogP) is 2.71. The van der Waals surface area contributed by atoms with Crippen LogP contribution in [0.2, 0.25) is 0 Å². The second kappa shape index (κ2) is 9.30. The van der Waals surface area contributed by atoms with Gasteiger partial charge in [-0.15, -0.1) is 11.3 Å². The number of hydrogen-bond acceptors (Lipinski definition) is 6. The average molecular weight is 437 g/mol. The molecule has 1 aliphatic rings. The Kier molecular flexibility index (Phi) is 6.31. The number of carbonyl (C=O) groups is 2. The summed E-state index contributed by atoms with van der Waals surface area (Å²) in [6, 6.07) is 15.9. The van der Waals surface area contributed by atoms with E-state index in [1.807, 2.05) is 29.6 Å². The number of nitrogens with one attached hydrogen (secondary N) is 2. The van der Waals surface area contributed by atoms with Crippen LogP contribution in [0.25, 0.3) is 10.4 Å². The molecule has 0 saturated carbocycles. The summed E-state index contributed by atoms with van der Waals surface area (Å²) in [5, 5.41) is 18.5. The van der Waals surface area contributed by atoms with E-state index in [4.69, 9.17) is 5.73 Å². The van der Waals surface area contributed by atoms with E-state index >= 15 is 0 Å². The van der Waals surface area contributed by atoms with E-state index in [0.717, 1.165) is 10.4 Å². The average Bonchev–Trinajstić information content (AvgIpc) is 3.35. The Morgan fingerprint density at radius 3 is 2.52 bits per heavy atom. The first-order chi connectivity index (χ1) is 15.0. The molecule has 4 rings (SSSR count). The SMILES string of the molecule is Nc1ccc(-c2cccs2)cc1NC(=O)c1ccc(C(O)C(=O)N2CCNCC2)cc1. The van der Waals surface area contributed by atoms with E-state index in [1.54, 1.807) is 46.6 Å². The van der Waals surface area contributed by atoms with E-state index in [1.165, 1.54) is 0 Å². The summed E-state index contributed by atoms with van der Waals surface area (Å²) >= 11 is 1.61. The lowest BCUT2D eigenvalue weighted by Crippen LogP contribution is -2.48. The highest BCUT2D eigenvalue weighted by Crippen LogP contribution is 2.30. The number of nitrogen functional groups attached to an aromatic ring is 1. The van der Waals surface area contributed by atoms with Crippen molar-refractivity contribution in [1.82, 2.24) is 10.2 Å². The molecule has 0 spiro atoms. The quantitative estimate of drug-likeness (QED) is 0.460. The third-order valence-corrected chi connectivity index (χ3v) is 6.18. The molecule has 1 unspecified atom stereocenters. The van der Waals surface area contributed by atoms with E-state index in [2.05, 4.69) is 10.6 Å². The molecule has 1 atom stereocenters. The van der Waals surface area contributed by atoms with Crippen LogP contribution in [0, 0.1) is 0 Å². The zero-order chi connectivity index (χ0) is 21.8. The fourth-order valence-corrected chi connectivity index (χ4v) is 4.20. The zero-order valence-electron chi connectivity index (χ0n) is 16.9. The molecule has 0 radical (unpaired) electrons. The molecule has 2 aromatic carbocycles. The number of carbonyl (C=O) groups excluding carboxylic acids is 2. The van der Waals surface area contributed by atoms with Crippen LogP contribution < -0.4 is 16.4 Å². The molecule has 1 aliphatic heterocycles. The van der Waals surface area contributed by atoms with Gasteiger partial charge in [-0.2, -0.15) is 0 Å². The van der Waals surface area contributed by atoms with Gasteiger partial charge in [0, 0.05) is 36.6 Å². The molecule has 5 N–H and O–H groups in total. The lowest BCUT2D eigenvalue weighted by atomic mass is 10.0.